The van der Waals surface area contributed by atoms with Crippen molar-refractivity contribution in [1.82, 2.24) is 14.3 Å². The lowest BCUT2D eigenvalue weighted by Crippen LogP contribution is -2.26. The van der Waals surface area contributed by atoms with Gasteiger partial charge in [0.05, 0.1) is 17.6 Å². The third kappa shape index (κ3) is 4.92. The van der Waals surface area contributed by atoms with Crippen LogP contribution in [-0.4, -0.2) is 37.6 Å². The van der Waals surface area contributed by atoms with Crippen molar-refractivity contribution in [3.8, 4) is 0 Å². The maximum atomic E-state index is 13.0. The van der Waals surface area contributed by atoms with Crippen LogP contribution < -0.4 is 4.72 Å². The van der Waals surface area contributed by atoms with Gasteiger partial charge in [0.15, 0.2) is 0 Å². The minimum atomic E-state index is -3.77. The normalized spacial score (nSPS) is 11.4. The highest BCUT2D eigenvalue weighted by atomic mass is 32.2. The summed E-state index contributed by atoms with van der Waals surface area (Å²) in [5, 5.41) is 0. The van der Waals surface area contributed by atoms with Gasteiger partial charge in [0, 0.05) is 43.3 Å². The molecule has 0 spiro atoms. The van der Waals surface area contributed by atoms with Crippen LogP contribution in [0.25, 0.3) is 0 Å². The summed E-state index contributed by atoms with van der Waals surface area (Å²) in [6.07, 6.45) is 3.76. The molecular formula is C21H22FN3O4S. The van der Waals surface area contributed by atoms with Crippen molar-refractivity contribution in [3.63, 3.8) is 0 Å². The van der Waals surface area contributed by atoms with Gasteiger partial charge in [0.2, 0.25) is 10.0 Å². The second-order valence-corrected chi connectivity index (χ2v) is 8.44. The number of hydrogen-bond acceptors (Lipinski definition) is 5. The molecule has 30 heavy (non-hydrogen) atoms. The number of nitrogens with one attached hydrogen (secondary N) is 1. The Morgan fingerprint density at radius 2 is 1.97 bits per heavy atom. The van der Waals surface area contributed by atoms with Crippen molar-refractivity contribution in [2.24, 2.45) is 0 Å². The number of nitrogens with zero attached hydrogens (tertiary/aromatic N) is 2. The van der Waals surface area contributed by atoms with Crippen LogP contribution in [0.3, 0.4) is 0 Å². The van der Waals surface area contributed by atoms with Crippen LogP contribution in [0.2, 0.25) is 0 Å². The second kappa shape index (κ2) is 9.19. The number of carbonyl (C=O) groups excluding carboxylic acids is 1. The lowest BCUT2D eigenvalue weighted by molar-refractivity contribution is 0.0599. The van der Waals surface area contributed by atoms with Crippen molar-refractivity contribution in [3.05, 3.63) is 83.2 Å². The molecule has 0 saturated carbocycles. The highest BCUT2D eigenvalue weighted by Gasteiger charge is 2.19. The number of aromatic nitrogens is 2. The molecule has 1 aromatic carbocycles. The molecule has 0 saturated heterocycles. The monoisotopic (exact) mass is 431 g/mol. The summed E-state index contributed by atoms with van der Waals surface area (Å²) in [5.41, 5.74) is 2.87. The number of halogens is 1. The Morgan fingerprint density at radius 1 is 1.23 bits per heavy atom. The van der Waals surface area contributed by atoms with Crippen LogP contribution in [0.1, 0.15) is 27.3 Å². The van der Waals surface area contributed by atoms with Gasteiger partial charge in [0.25, 0.3) is 0 Å². The maximum absolute atomic E-state index is 13.0. The predicted molar refractivity (Wildman–Crippen MR) is 109 cm³/mol. The molecular weight excluding hydrogens is 409 g/mol. The zero-order valence-corrected chi connectivity index (χ0v) is 17.4. The number of pyridine rings is 1. The van der Waals surface area contributed by atoms with E-state index in [9.17, 15) is 17.6 Å². The molecule has 3 aromatic rings. The van der Waals surface area contributed by atoms with Gasteiger partial charge in [-0.15, -0.1) is 0 Å². The van der Waals surface area contributed by atoms with E-state index in [0.717, 1.165) is 29.1 Å². The molecule has 0 atom stereocenters. The molecule has 0 unspecified atom stereocenters. The molecule has 3 rings (SSSR count). The third-order valence-electron chi connectivity index (χ3n) is 4.72. The van der Waals surface area contributed by atoms with Crippen LogP contribution in [0.4, 0.5) is 4.39 Å². The van der Waals surface area contributed by atoms with Gasteiger partial charge in [-0.1, -0.05) is 6.07 Å². The number of esters is 1. The van der Waals surface area contributed by atoms with Gasteiger partial charge >= 0.3 is 5.97 Å². The predicted octanol–water partition coefficient (Wildman–Crippen LogP) is 2.69. The molecule has 0 aliphatic rings. The van der Waals surface area contributed by atoms with Crippen molar-refractivity contribution in [2.75, 3.05) is 13.7 Å². The largest absolute Gasteiger partial charge is 0.465 e. The fourth-order valence-corrected chi connectivity index (χ4v) is 4.17. The van der Waals surface area contributed by atoms with E-state index < -0.39 is 21.8 Å². The van der Waals surface area contributed by atoms with E-state index in [1.165, 1.54) is 19.2 Å². The van der Waals surface area contributed by atoms with Crippen molar-refractivity contribution < 1.29 is 22.3 Å². The lowest BCUT2D eigenvalue weighted by Gasteiger charge is -2.13. The van der Waals surface area contributed by atoms with Gasteiger partial charge in [-0.25, -0.2) is 22.3 Å². The molecule has 7 nitrogen and oxygen atoms in total. The Labute approximate surface area is 174 Å². The number of sulfonamides is 1. The summed E-state index contributed by atoms with van der Waals surface area (Å²) in [4.78, 5) is 16.2. The number of carbonyl (C=O) groups is 1. The van der Waals surface area contributed by atoms with Gasteiger partial charge in [-0.2, -0.15) is 0 Å². The molecule has 2 heterocycles. The quantitative estimate of drug-likeness (QED) is 0.554. The smallest absolute Gasteiger partial charge is 0.339 e. The minimum absolute atomic E-state index is 0.0129. The molecule has 1 N–H and O–H groups in total. The standard InChI is InChI=1S/C21H22FN3O4S/c1-15-20(21(26)29-2)12-18(25(15)14-16-4-3-10-23-13-16)9-11-24-30(27,28)19-7-5-17(22)6-8-19/h3-8,10,12-13,24H,9,11,14H2,1-2H3. The van der Waals surface area contributed by atoms with Gasteiger partial charge in [0.1, 0.15) is 5.82 Å². The lowest BCUT2D eigenvalue weighted by atomic mass is 10.2. The first-order valence-corrected chi connectivity index (χ1v) is 10.7. The topological polar surface area (TPSA) is 90.3 Å². The molecule has 0 amide bonds. The summed E-state index contributed by atoms with van der Waals surface area (Å²) >= 11 is 0. The molecule has 0 aliphatic heterocycles. The van der Waals surface area contributed by atoms with E-state index in [0.29, 0.717) is 18.5 Å². The van der Waals surface area contributed by atoms with Crippen molar-refractivity contribution in [1.29, 1.82) is 0 Å². The molecule has 2 aromatic heterocycles. The highest BCUT2D eigenvalue weighted by molar-refractivity contribution is 7.89. The van der Waals surface area contributed by atoms with Gasteiger partial charge < -0.3 is 9.30 Å². The Hall–Kier alpha value is -3.04. The van der Waals surface area contributed by atoms with Crippen LogP contribution in [0.15, 0.2) is 59.8 Å². The van der Waals surface area contributed by atoms with Gasteiger partial charge in [-0.05, 0) is 48.9 Å². The van der Waals surface area contributed by atoms with E-state index in [-0.39, 0.29) is 11.4 Å². The van der Waals surface area contributed by atoms with E-state index >= 15 is 0 Å². The second-order valence-electron chi connectivity index (χ2n) is 6.68. The van der Waals surface area contributed by atoms with Crippen molar-refractivity contribution >= 4 is 16.0 Å². The molecule has 0 fully saturated rings. The zero-order chi connectivity index (χ0) is 21.7. The maximum Gasteiger partial charge on any atom is 0.339 e. The van der Waals surface area contributed by atoms with E-state index in [2.05, 4.69) is 9.71 Å². The van der Waals surface area contributed by atoms with Gasteiger partial charge in [-0.3, -0.25) is 4.98 Å². The number of benzene rings is 1. The summed E-state index contributed by atoms with van der Waals surface area (Å²) in [7, 11) is -2.45. The van der Waals surface area contributed by atoms with Crippen molar-refractivity contribution in [2.45, 2.75) is 24.8 Å². The molecule has 9 heteroatoms. The first kappa shape index (κ1) is 21.7. The third-order valence-corrected chi connectivity index (χ3v) is 6.20. The number of hydrogen-bond donors (Lipinski definition) is 1. The fraction of sp³-hybridized carbons (Fsp3) is 0.238. The fourth-order valence-electron chi connectivity index (χ4n) is 3.14. The Balaban J connectivity index is 1.80. The molecule has 0 aliphatic carbocycles. The Bertz CT molecular complexity index is 1130. The molecule has 0 radical (unpaired) electrons. The average Bonchev–Trinajstić information content (AvgIpc) is 3.04. The minimum Gasteiger partial charge on any atom is -0.465 e. The number of rotatable bonds is 8. The number of ether oxygens (including phenoxy) is 1. The zero-order valence-electron chi connectivity index (χ0n) is 16.6. The van der Waals surface area contributed by atoms with E-state index in [1.807, 2.05) is 23.6 Å². The van der Waals surface area contributed by atoms with Crippen LogP contribution in [0.5, 0.6) is 0 Å². The summed E-state index contributed by atoms with van der Waals surface area (Å²) in [6.45, 7) is 2.41. The SMILES string of the molecule is COC(=O)c1cc(CCNS(=O)(=O)c2ccc(F)cc2)n(Cc2cccnc2)c1C. The molecule has 0 bridgehead atoms. The van der Waals surface area contributed by atoms with Crippen LogP contribution in [0, 0.1) is 12.7 Å². The summed E-state index contributed by atoms with van der Waals surface area (Å²) < 4.78 is 47.2. The van der Waals surface area contributed by atoms with Crippen LogP contribution >= 0.6 is 0 Å². The average molecular weight is 431 g/mol. The first-order valence-electron chi connectivity index (χ1n) is 9.23. The number of methoxy groups -OCH3 is 1. The highest BCUT2D eigenvalue weighted by Crippen LogP contribution is 2.19. The first-order chi connectivity index (χ1) is 14.3. The molecule has 158 valence electrons. The summed E-state index contributed by atoms with van der Waals surface area (Å²) in [5.74, 6) is -0.960. The van der Waals surface area contributed by atoms with E-state index in [4.69, 9.17) is 4.74 Å². The van der Waals surface area contributed by atoms with E-state index in [1.54, 1.807) is 18.5 Å². The Morgan fingerprint density at radius 3 is 2.60 bits per heavy atom. The van der Waals surface area contributed by atoms with Crippen LogP contribution in [-0.2, 0) is 27.7 Å². The summed E-state index contributed by atoms with van der Waals surface area (Å²) in [6, 6.07) is 10.1. The Kier molecular flexibility index (Phi) is 6.63.